The maximum Gasteiger partial charge on any atom is 0.251 e. The van der Waals surface area contributed by atoms with Crippen LogP contribution < -0.4 is 10.1 Å². The minimum absolute atomic E-state index is 0. The third kappa shape index (κ3) is 7.24. The normalized spacial score (nSPS) is 20.2. The van der Waals surface area contributed by atoms with Gasteiger partial charge in [0.25, 0.3) is 5.91 Å². The zero-order valence-corrected chi connectivity index (χ0v) is 21.3. The molecule has 1 aromatic carbocycles. The molecule has 0 spiro atoms. The fourth-order valence-corrected chi connectivity index (χ4v) is 4.00. The molecule has 0 bridgehead atoms. The number of amides is 1. The summed E-state index contributed by atoms with van der Waals surface area (Å²) in [5.41, 5.74) is 1.30. The molecular weight excluding hydrogens is 507 g/mol. The first-order valence-corrected chi connectivity index (χ1v) is 11.2. The Kier molecular flexibility index (Phi) is 10.9. The number of ether oxygens (including phenoxy) is 2. The lowest BCUT2D eigenvalue weighted by molar-refractivity contribution is -0.142. The molecule has 2 heterocycles. The smallest absolute Gasteiger partial charge is 0.251 e. The summed E-state index contributed by atoms with van der Waals surface area (Å²) in [6, 6.07) is 8.28. The van der Waals surface area contributed by atoms with Crippen LogP contribution in [0.2, 0.25) is 0 Å². The van der Waals surface area contributed by atoms with E-state index >= 15 is 0 Å². The molecule has 8 heteroatoms. The molecule has 2 atom stereocenters. The minimum Gasteiger partial charge on any atom is -0.497 e. The lowest BCUT2D eigenvalue weighted by Crippen LogP contribution is -2.55. The quantitative estimate of drug-likeness (QED) is 0.325. The van der Waals surface area contributed by atoms with E-state index in [1.165, 1.54) is 5.56 Å². The number of benzene rings is 1. The highest BCUT2D eigenvalue weighted by atomic mass is 127. The maximum absolute atomic E-state index is 12.6. The predicted molar refractivity (Wildman–Crippen MR) is 135 cm³/mol. The summed E-state index contributed by atoms with van der Waals surface area (Å²) in [6.07, 6.45) is 2.61. The van der Waals surface area contributed by atoms with Gasteiger partial charge in [-0.25, -0.2) is 0 Å². The minimum atomic E-state index is -0.224. The van der Waals surface area contributed by atoms with Gasteiger partial charge in [0, 0.05) is 45.9 Å². The number of carbonyl (C=O) groups excluding carboxylic acids is 1. The number of hydrogen-bond donors (Lipinski definition) is 1. The van der Waals surface area contributed by atoms with Crippen LogP contribution in [0.25, 0.3) is 0 Å². The van der Waals surface area contributed by atoms with Crippen molar-refractivity contribution in [2.45, 2.75) is 45.1 Å². The second kappa shape index (κ2) is 13.1. The predicted octanol–water partition coefficient (Wildman–Crippen LogP) is 3.10. The van der Waals surface area contributed by atoms with Crippen molar-refractivity contribution in [3.63, 3.8) is 0 Å². The van der Waals surface area contributed by atoms with Crippen molar-refractivity contribution in [3.8, 4) is 5.75 Å². The number of carbonyl (C=O) groups is 1. The number of halogens is 1. The van der Waals surface area contributed by atoms with E-state index in [9.17, 15) is 4.79 Å². The first-order chi connectivity index (χ1) is 14.6. The number of piperazine rings is 1. The van der Waals surface area contributed by atoms with Crippen LogP contribution in [-0.2, 0) is 9.53 Å². The molecule has 1 amide bonds. The third-order valence-electron chi connectivity index (χ3n) is 5.94. The summed E-state index contributed by atoms with van der Waals surface area (Å²) >= 11 is 0. The van der Waals surface area contributed by atoms with Gasteiger partial charge < -0.3 is 24.6 Å². The van der Waals surface area contributed by atoms with Crippen molar-refractivity contribution in [3.05, 3.63) is 29.8 Å². The van der Waals surface area contributed by atoms with Crippen LogP contribution in [0.3, 0.4) is 0 Å². The first-order valence-electron chi connectivity index (χ1n) is 11.2. The Hall–Kier alpha value is -1.55. The van der Waals surface area contributed by atoms with Gasteiger partial charge in [-0.15, -0.1) is 24.0 Å². The molecule has 2 saturated heterocycles. The number of nitrogens with zero attached hydrogens (tertiary/aromatic N) is 3. The zero-order valence-electron chi connectivity index (χ0n) is 19.0. The van der Waals surface area contributed by atoms with E-state index in [1.54, 1.807) is 7.11 Å². The standard InChI is InChI=1S/C23H36N4O3.HI/c1-4-24-23(25-12-11-18(2)19-7-9-20(29-3)10-8-19)27-15-13-26(14-16-27)22(28)21-6-5-17-30-21;/h7-10,18,21H,4-6,11-17H2,1-3H3,(H,24,25);1H. The van der Waals surface area contributed by atoms with Crippen LogP contribution in [0, 0.1) is 0 Å². The maximum atomic E-state index is 12.6. The van der Waals surface area contributed by atoms with Gasteiger partial charge in [-0.2, -0.15) is 0 Å². The van der Waals surface area contributed by atoms with Gasteiger partial charge in [0.05, 0.1) is 7.11 Å². The SMILES string of the molecule is CCNC(=NCCC(C)c1ccc(OC)cc1)N1CCN(C(=O)C2CCCO2)CC1.I. The number of nitrogens with one attached hydrogen (secondary N) is 1. The zero-order chi connectivity index (χ0) is 21.3. The molecule has 2 unspecified atom stereocenters. The van der Waals surface area contributed by atoms with Gasteiger partial charge in [0.15, 0.2) is 5.96 Å². The van der Waals surface area contributed by atoms with Crippen molar-refractivity contribution >= 4 is 35.8 Å². The van der Waals surface area contributed by atoms with Crippen molar-refractivity contribution in [1.82, 2.24) is 15.1 Å². The molecule has 0 saturated carbocycles. The molecule has 1 aromatic rings. The van der Waals surface area contributed by atoms with E-state index in [0.717, 1.165) is 70.2 Å². The lowest BCUT2D eigenvalue weighted by Gasteiger charge is -2.37. The average Bonchev–Trinajstić information content (AvgIpc) is 3.33. The van der Waals surface area contributed by atoms with Crippen molar-refractivity contribution in [1.29, 1.82) is 0 Å². The van der Waals surface area contributed by atoms with Crippen molar-refractivity contribution in [2.75, 3.05) is 53.0 Å². The van der Waals surface area contributed by atoms with Crippen LogP contribution in [0.4, 0.5) is 0 Å². The largest absolute Gasteiger partial charge is 0.497 e. The molecular formula is C23H37IN4O3. The number of guanidine groups is 1. The van der Waals surface area contributed by atoms with E-state index in [1.807, 2.05) is 17.0 Å². The van der Waals surface area contributed by atoms with Gasteiger partial charge in [-0.3, -0.25) is 9.79 Å². The van der Waals surface area contributed by atoms with Gasteiger partial charge in [0.1, 0.15) is 11.9 Å². The molecule has 1 N–H and O–H groups in total. The highest BCUT2D eigenvalue weighted by molar-refractivity contribution is 14.0. The Morgan fingerprint density at radius 1 is 1.23 bits per heavy atom. The van der Waals surface area contributed by atoms with Crippen LogP contribution in [0.1, 0.15) is 44.6 Å². The summed E-state index contributed by atoms with van der Waals surface area (Å²) in [5, 5.41) is 3.41. The van der Waals surface area contributed by atoms with Crippen LogP contribution in [0.5, 0.6) is 5.75 Å². The molecule has 0 radical (unpaired) electrons. The average molecular weight is 544 g/mol. The summed E-state index contributed by atoms with van der Waals surface area (Å²) in [4.78, 5) is 21.6. The van der Waals surface area contributed by atoms with Crippen molar-refractivity contribution < 1.29 is 14.3 Å². The molecule has 2 fully saturated rings. The van der Waals surface area contributed by atoms with Gasteiger partial charge in [-0.1, -0.05) is 19.1 Å². The fourth-order valence-electron chi connectivity index (χ4n) is 4.00. The number of methoxy groups -OCH3 is 1. The lowest BCUT2D eigenvalue weighted by atomic mass is 9.98. The molecule has 31 heavy (non-hydrogen) atoms. The van der Waals surface area contributed by atoms with Crippen LogP contribution >= 0.6 is 24.0 Å². The monoisotopic (exact) mass is 544 g/mol. The number of aliphatic imine (C=N–C) groups is 1. The molecule has 2 aliphatic rings. The second-order valence-corrected chi connectivity index (χ2v) is 8.01. The topological polar surface area (TPSA) is 66.4 Å². The van der Waals surface area contributed by atoms with Gasteiger partial charge >= 0.3 is 0 Å². The fraction of sp³-hybridized carbons (Fsp3) is 0.652. The molecule has 0 aliphatic carbocycles. The number of hydrogen-bond acceptors (Lipinski definition) is 4. The van der Waals surface area contributed by atoms with E-state index in [2.05, 4.69) is 36.2 Å². The Morgan fingerprint density at radius 2 is 1.90 bits per heavy atom. The highest BCUT2D eigenvalue weighted by Crippen LogP contribution is 2.22. The summed E-state index contributed by atoms with van der Waals surface area (Å²) in [7, 11) is 1.69. The van der Waals surface area contributed by atoms with Crippen molar-refractivity contribution in [2.24, 2.45) is 4.99 Å². The Bertz CT molecular complexity index is 699. The third-order valence-corrected chi connectivity index (χ3v) is 5.94. The van der Waals surface area contributed by atoms with E-state index in [4.69, 9.17) is 14.5 Å². The summed E-state index contributed by atoms with van der Waals surface area (Å²) in [6.45, 7) is 9.70. The van der Waals surface area contributed by atoms with Crippen LogP contribution in [-0.4, -0.2) is 80.8 Å². The molecule has 7 nitrogen and oxygen atoms in total. The summed E-state index contributed by atoms with van der Waals surface area (Å²) < 4.78 is 10.8. The molecule has 3 rings (SSSR count). The second-order valence-electron chi connectivity index (χ2n) is 8.01. The molecule has 0 aromatic heterocycles. The molecule has 174 valence electrons. The highest BCUT2D eigenvalue weighted by Gasteiger charge is 2.30. The molecule has 2 aliphatic heterocycles. The van der Waals surface area contributed by atoms with Crippen LogP contribution in [0.15, 0.2) is 29.3 Å². The van der Waals surface area contributed by atoms with Gasteiger partial charge in [-0.05, 0) is 49.8 Å². The van der Waals surface area contributed by atoms with E-state index in [0.29, 0.717) is 12.5 Å². The Morgan fingerprint density at radius 3 is 2.48 bits per heavy atom. The van der Waals surface area contributed by atoms with E-state index in [-0.39, 0.29) is 36.0 Å². The Labute approximate surface area is 203 Å². The number of rotatable bonds is 7. The summed E-state index contributed by atoms with van der Waals surface area (Å²) in [5.74, 6) is 2.42. The van der Waals surface area contributed by atoms with E-state index < -0.39 is 0 Å². The Balaban J connectivity index is 0.00000341. The van der Waals surface area contributed by atoms with Gasteiger partial charge in [0.2, 0.25) is 0 Å². The first kappa shape index (κ1) is 25.7.